The summed E-state index contributed by atoms with van der Waals surface area (Å²) in [5.74, 6) is -0.0391. The average Bonchev–Trinajstić information content (AvgIpc) is 2.64. The molecule has 126 valence electrons. The summed E-state index contributed by atoms with van der Waals surface area (Å²) in [7, 11) is 0. The molecule has 0 spiro atoms. The first-order valence-corrected chi connectivity index (χ1v) is 8.74. The minimum absolute atomic E-state index is 0.0391. The molecule has 1 amide bonds. The van der Waals surface area contributed by atoms with Crippen LogP contribution in [0.25, 0.3) is 0 Å². The molecule has 0 unspecified atom stereocenters. The van der Waals surface area contributed by atoms with Crippen molar-refractivity contribution in [3.63, 3.8) is 0 Å². The number of unbranched alkanes of at least 4 members (excludes halogenated alkanes) is 2. The molecule has 0 bridgehead atoms. The van der Waals surface area contributed by atoms with Gasteiger partial charge in [-0.2, -0.15) is 5.10 Å². The fraction of sp³-hybridized carbons (Fsp3) is 0.333. The van der Waals surface area contributed by atoms with E-state index in [9.17, 15) is 4.79 Å². The highest BCUT2D eigenvalue weighted by Gasteiger charge is 2.06. The Morgan fingerprint density at radius 1 is 0.917 bits per heavy atom. The molecule has 3 nitrogen and oxygen atoms in total. The lowest BCUT2D eigenvalue weighted by Gasteiger charge is -2.07. The zero-order valence-corrected chi connectivity index (χ0v) is 14.4. The van der Waals surface area contributed by atoms with Crippen molar-refractivity contribution in [2.24, 2.45) is 5.10 Å². The molecule has 1 N–H and O–H groups in total. The molecule has 0 aliphatic heterocycles. The molecule has 0 aliphatic carbocycles. The van der Waals surface area contributed by atoms with Crippen LogP contribution in [0.5, 0.6) is 0 Å². The van der Waals surface area contributed by atoms with Crippen molar-refractivity contribution in [3.8, 4) is 0 Å². The van der Waals surface area contributed by atoms with Crippen LogP contribution >= 0.6 is 0 Å². The Balaban J connectivity index is 1.92. The van der Waals surface area contributed by atoms with Crippen molar-refractivity contribution in [2.45, 2.75) is 45.4 Å². The Bertz CT molecular complexity index is 635. The van der Waals surface area contributed by atoms with Gasteiger partial charge in [0.05, 0.1) is 5.71 Å². The fourth-order valence-corrected chi connectivity index (χ4v) is 2.53. The van der Waals surface area contributed by atoms with E-state index < -0.39 is 0 Å². The van der Waals surface area contributed by atoms with Gasteiger partial charge in [0.2, 0.25) is 5.91 Å². The minimum atomic E-state index is -0.0391. The van der Waals surface area contributed by atoms with Gasteiger partial charge in [-0.25, -0.2) is 5.43 Å². The van der Waals surface area contributed by atoms with Crippen LogP contribution in [0, 0.1) is 0 Å². The monoisotopic (exact) mass is 322 g/mol. The van der Waals surface area contributed by atoms with Gasteiger partial charge in [-0.15, -0.1) is 0 Å². The van der Waals surface area contributed by atoms with E-state index in [2.05, 4.69) is 17.5 Å². The van der Waals surface area contributed by atoms with E-state index >= 15 is 0 Å². The minimum Gasteiger partial charge on any atom is -0.273 e. The highest BCUT2D eigenvalue weighted by molar-refractivity contribution is 6.01. The summed E-state index contributed by atoms with van der Waals surface area (Å²) < 4.78 is 0. The smallest absolute Gasteiger partial charge is 0.240 e. The number of hydrazone groups is 1. The predicted molar refractivity (Wildman–Crippen MR) is 100 cm³/mol. The maximum atomic E-state index is 12.1. The number of aryl methyl sites for hydroxylation is 1. The standard InChI is InChI=1S/C21H26N2O/c1-2-3-6-15-20(19-13-9-5-10-14-19)22-23-21(24)17-16-18-11-7-4-8-12-18/h4-5,7-14H,2-3,6,15-17H2,1H3,(H,23,24). The number of hydrogen-bond acceptors (Lipinski definition) is 2. The Kier molecular flexibility index (Phi) is 7.75. The molecule has 2 aromatic rings. The number of benzene rings is 2. The number of nitrogens with zero attached hydrogens (tertiary/aromatic N) is 1. The van der Waals surface area contributed by atoms with E-state index in [1.54, 1.807) is 0 Å². The number of hydrogen-bond donors (Lipinski definition) is 1. The van der Waals surface area contributed by atoms with Gasteiger partial charge in [-0.1, -0.05) is 80.4 Å². The third-order valence-electron chi connectivity index (χ3n) is 3.92. The molecular formula is C21H26N2O. The molecule has 0 saturated carbocycles. The van der Waals surface area contributed by atoms with E-state index in [4.69, 9.17) is 0 Å². The first kappa shape index (κ1) is 17.9. The van der Waals surface area contributed by atoms with Crippen LogP contribution in [-0.4, -0.2) is 11.6 Å². The van der Waals surface area contributed by atoms with Crippen molar-refractivity contribution in [1.29, 1.82) is 0 Å². The molecule has 2 rings (SSSR count). The van der Waals surface area contributed by atoms with Gasteiger partial charge < -0.3 is 0 Å². The van der Waals surface area contributed by atoms with Crippen molar-refractivity contribution < 1.29 is 4.79 Å². The zero-order valence-electron chi connectivity index (χ0n) is 14.4. The molecule has 0 aromatic heterocycles. The summed E-state index contributed by atoms with van der Waals surface area (Å²) >= 11 is 0. The van der Waals surface area contributed by atoms with Crippen LogP contribution in [0.15, 0.2) is 65.8 Å². The molecule has 0 aliphatic rings. The zero-order chi connectivity index (χ0) is 17.0. The third-order valence-corrected chi connectivity index (χ3v) is 3.92. The van der Waals surface area contributed by atoms with Crippen LogP contribution in [0.1, 0.15) is 50.2 Å². The summed E-state index contributed by atoms with van der Waals surface area (Å²) in [5.41, 5.74) is 5.93. The van der Waals surface area contributed by atoms with E-state index in [-0.39, 0.29) is 5.91 Å². The molecule has 0 radical (unpaired) electrons. The van der Waals surface area contributed by atoms with Crippen molar-refractivity contribution >= 4 is 11.6 Å². The number of rotatable bonds is 9. The summed E-state index contributed by atoms with van der Waals surface area (Å²) in [5, 5.41) is 4.40. The van der Waals surface area contributed by atoms with Crippen molar-refractivity contribution in [3.05, 3.63) is 71.8 Å². The topological polar surface area (TPSA) is 41.5 Å². The summed E-state index contributed by atoms with van der Waals surface area (Å²) in [4.78, 5) is 12.1. The Hall–Kier alpha value is -2.42. The number of amides is 1. The van der Waals surface area contributed by atoms with Gasteiger partial charge in [-0.05, 0) is 30.4 Å². The molecule has 0 atom stereocenters. The molecule has 3 heteroatoms. The molecule has 0 fully saturated rings. The van der Waals surface area contributed by atoms with Gasteiger partial charge in [0.25, 0.3) is 0 Å². The Morgan fingerprint density at radius 2 is 1.58 bits per heavy atom. The van der Waals surface area contributed by atoms with Crippen LogP contribution in [-0.2, 0) is 11.2 Å². The lowest BCUT2D eigenvalue weighted by atomic mass is 10.0. The first-order chi connectivity index (χ1) is 11.8. The number of carbonyl (C=O) groups excluding carboxylic acids is 1. The third kappa shape index (κ3) is 6.37. The van der Waals surface area contributed by atoms with Crippen LogP contribution in [0.2, 0.25) is 0 Å². The Morgan fingerprint density at radius 3 is 2.25 bits per heavy atom. The summed E-state index contributed by atoms with van der Waals surface area (Å²) in [6.07, 6.45) is 5.50. The lowest BCUT2D eigenvalue weighted by Crippen LogP contribution is -2.20. The van der Waals surface area contributed by atoms with Gasteiger partial charge >= 0.3 is 0 Å². The van der Waals surface area contributed by atoms with Gasteiger partial charge in [0.15, 0.2) is 0 Å². The quantitative estimate of drug-likeness (QED) is 0.405. The number of carbonyl (C=O) groups is 1. The first-order valence-electron chi connectivity index (χ1n) is 8.74. The highest BCUT2D eigenvalue weighted by Crippen LogP contribution is 2.09. The van der Waals surface area contributed by atoms with Gasteiger partial charge in [0, 0.05) is 6.42 Å². The largest absolute Gasteiger partial charge is 0.273 e. The SMILES string of the molecule is CCCCCC(=NNC(=O)CCc1ccccc1)c1ccccc1. The Labute approximate surface area is 144 Å². The maximum absolute atomic E-state index is 12.1. The lowest BCUT2D eigenvalue weighted by molar-refractivity contribution is -0.121. The van der Waals surface area contributed by atoms with Gasteiger partial charge in [-0.3, -0.25) is 4.79 Å². The van der Waals surface area contributed by atoms with Gasteiger partial charge in [0.1, 0.15) is 0 Å². The van der Waals surface area contributed by atoms with Crippen molar-refractivity contribution in [1.82, 2.24) is 5.43 Å². The predicted octanol–water partition coefficient (Wildman–Crippen LogP) is 4.72. The maximum Gasteiger partial charge on any atom is 0.240 e. The fourth-order valence-electron chi connectivity index (χ4n) is 2.53. The van der Waals surface area contributed by atoms with E-state index in [0.29, 0.717) is 6.42 Å². The normalized spacial score (nSPS) is 11.3. The second-order valence-electron chi connectivity index (χ2n) is 5.90. The molecule has 24 heavy (non-hydrogen) atoms. The van der Waals surface area contributed by atoms with Crippen LogP contribution < -0.4 is 5.43 Å². The molecule has 2 aromatic carbocycles. The average molecular weight is 322 g/mol. The van der Waals surface area contributed by atoms with E-state index in [1.165, 1.54) is 18.4 Å². The summed E-state index contributed by atoms with van der Waals surface area (Å²) in [6.45, 7) is 2.19. The van der Waals surface area contributed by atoms with Crippen LogP contribution in [0.3, 0.4) is 0 Å². The van der Waals surface area contributed by atoms with Crippen molar-refractivity contribution in [2.75, 3.05) is 0 Å². The molecule has 0 heterocycles. The molecular weight excluding hydrogens is 296 g/mol. The number of nitrogens with one attached hydrogen (secondary N) is 1. The second-order valence-corrected chi connectivity index (χ2v) is 5.90. The molecule has 0 saturated heterocycles. The second kappa shape index (κ2) is 10.4. The summed E-state index contributed by atoms with van der Waals surface area (Å²) in [6, 6.07) is 20.1. The highest BCUT2D eigenvalue weighted by atomic mass is 16.2. The van der Waals surface area contributed by atoms with E-state index in [0.717, 1.165) is 30.5 Å². The van der Waals surface area contributed by atoms with Crippen LogP contribution in [0.4, 0.5) is 0 Å². The van der Waals surface area contributed by atoms with E-state index in [1.807, 2.05) is 60.7 Å².